The Balaban J connectivity index is 3.04. The van der Waals surface area contributed by atoms with Gasteiger partial charge in [0, 0.05) is 5.92 Å². The number of benzene rings is 1. The molecule has 0 aliphatic heterocycles. The average Bonchev–Trinajstić information content (AvgIpc) is 2.16. The third-order valence-electron chi connectivity index (χ3n) is 2.17. The van der Waals surface area contributed by atoms with Crippen LogP contribution in [0.2, 0.25) is 0 Å². The maximum Gasteiger partial charge on any atom is 0.121 e. The van der Waals surface area contributed by atoms with Crippen LogP contribution in [0.15, 0.2) is 18.2 Å². The standard InChI is InChI=1S/C12H14O/c1-5-9(2)11-6-7-12(13-4)10(3)8-11/h1,6-9H,2-4H3. The zero-order valence-corrected chi connectivity index (χ0v) is 8.29. The van der Waals surface area contributed by atoms with Crippen molar-refractivity contribution in [2.75, 3.05) is 7.11 Å². The van der Waals surface area contributed by atoms with Crippen molar-refractivity contribution in [3.8, 4) is 18.1 Å². The van der Waals surface area contributed by atoms with Gasteiger partial charge in [-0.3, -0.25) is 0 Å². The number of methoxy groups -OCH3 is 1. The van der Waals surface area contributed by atoms with Crippen molar-refractivity contribution >= 4 is 0 Å². The summed E-state index contributed by atoms with van der Waals surface area (Å²) in [5, 5.41) is 0. The summed E-state index contributed by atoms with van der Waals surface area (Å²) in [6, 6.07) is 6.04. The highest BCUT2D eigenvalue weighted by Gasteiger charge is 2.04. The fraction of sp³-hybridized carbons (Fsp3) is 0.333. The molecule has 1 rings (SSSR count). The van der Waals surface area contributed by atoms with Crippen LogP contribution in [0.3, 0.4) is 0 Å². The third kappa shape index (κ3) is 2.03. The zero-order chi connectivity index (χ0) is 9.84. The normalized spacial score (nSPS) is 11.8. The Morgan fingerprint density at radius 2 is 2.15 bits per heavy atom. The lowest BCUT2D eigenvalue weighted by Crippen LogP contribution is -1.92. The molecule has 1 atom stereocenters. The van der Waals surface area contributed by atoms with Crippen LogP contribution in [0, 0.1) is 19.3 Å². The Labute approximate surface area is 79.7 Å². The Morgan fingerprint density at radius 1 is 1.46 bits per heavy atom. The van der Waals surface area contributed by atoms with Gasteiger partial charge in [-0.1, -0.05) is 18.1 Å². The molecule has 1 nitrogen and oxygen atoms in total. The average molecular weight is 174 g/mol. The molecule has 68 valence electrons. The first-order valence-electron chi connectivity index (χ1n) is 4.29. The molecule has 0 aliphatic rings. The van der Waals surface area contributed by atoms with E-state index in [2.05, 4.69) is 12.0 Å². The van der Waals surface area contributed by atoms with Crippen LogP contribution in [-0.4, -0.2) is 7.11 Å². The fourth-order valence-electron chi connectivity index (χ4n) is 1.27. The molecule has 0 spiro atoms. The second-order valence-corrected chi connectivity index (χ2v) is 3.12. The van der Waals surface area contributed by atoms with Gasteiger partial charge >= 0.3 is 0 Å². The van der Waals surface area contributed by atoms with Gasteiger partial charge in [0.2, 0.25) is 0 Å². The van der Waals surface area contributed by atoms with Crippen molar-refractivity contribution in [3.63, 3.8) is 0 Å². The van der Waals surface area contributed by atoms with Crippen LogP contribution < -0.4 is 4.74 Å². The molecule has 1 unspecified atom stereocenters. The lowest BCUT2D eigenvalue weighted by Gasteiger charge is -2.08. The number of rotatable bonds is 2. The lowest BCUT2D eigenvalue weighted by molar-refractivity contribution is 0.411. The van der Waals surface area contributed by atoms with Gasteiger partial charge in [0.25, 0.3) is 0 Å². The van der Waals surface area contributed by atoms with E-state index in [1.807, 2.05) is 26.0 Å². The summed E-state index contributed by atoms with van der Waals surface area (Å²) in [4.78, 5) is 0. The van der Waals surface area contributed by atoms with Crippen molar-refractivity contribution in [1.29, 1.82) is 0 Å². The van der Waals surface area contributed by atoms with E-state index in [0.717, 1.165) is 11.3 Å². The first kappa shape index (κ1) is 9.67. The maximum absolute atomic E-state index is 5.34. The van der Waals surface area contributed by atoms with Crippen molar-refractivity contribution in [1.82, 2.24) is 0 Å². The number of hydrogen-bond donors (Lipinski definition) is 0. The van der Waals surface area contributed by atoms with Crippen LogP contribution in [0.1, 0.15) is 24.0 Å². The predicted molar refractivity (Wildman–Crippen MR) is 55.0 cm³/mol. The van der Waals surface area contributed by atoms with Crippen LogP contribution in [0.25, 0.3) is 0 Å². The Kier molecular flexibility index (Phi) is 2.97. The molecule has 0 heterocycles. The summed E-state index contributed by atoms with van der Waals surface area (Å²) >= 11 is 0. The molecule has 0 radical (unpaired) electrons. The van der Waals surface area contributed by atoms with Gasteiger partial charge in [0.15, 0.2) is 0 Å². The number of aryl methyl sites for hydroxylation is 1. The molecule has 1 aromatic carbocycles. The van der Waals surface area contributed by atoms with Gasteiger partial charge in [0.05, 0.1) is 7.11 Å². The van der Waals surface area contributed by atoms with E-state index < -0.39 is 0 Å². The smallest absolute Gasteiger partial charge is 0.121 e. The van der Waals surface area contributed by atoms with Gasteiger partial charge in [-0.05, 0) is 31.0 Å². The highest BCUT2D eigenvalue weighted by Crippen LogP contribution is 2.22. The Morgan fingerprint density at radius 3 is 2.62 bits per heavy atom. The third-order valence-corrected chi connectivity index (χ3v) is 2.17. The minimum Gasteiger partial charge on any atom is -0.496 e. The Hall–Kier alpha value is -1.42. The number of terminal acetylenes is 1. The van der Waals surface area contributed by atoms with Gasteiger partial charge in [-0.15, -0.1) is 6.42 Å². The minimum atomic E-state index is 0.171. The summed E-state index contributed by atoms with van der Waals surface area (Å²) in [5.74, 6) is 3.79. The van der Waals surface area contributed by atoms with Crippen LogP contribution >= 0.6 is 0 Å². The molecule has 13 heavy (non-hydrogen) atoms. The molecule has 0 aromatic heterocycles. The Bertz CT molecular complexity index is 333. The SMILES string of the molecule is C#CC(C)c1ccc(OC)c(C)c1. The van der Waals surface area contributed by atoms with E-state index in [0.29, 0.717) is 0 Å². The monoisotopic (exact) mass is 174 g/mol. The molecule has 0 saturated heterocycles. The molecule has 0 aliphatic carbocycles. The van der Waals surface area contributed by atoms with Crippen molar-refractivity contribution in [2.24, 2.45) is 0 Å². The second kappa shape index (κ2) is 4.00. The molecule has 0 N–H and O–H groups in total. The first-order chi connectivity index (χ1) is 6.19. The van der Waals surface area contributed by atoms with Crippen molar-refractivity contribution in [2.45, 2.75) is 19.8 Å². The van der Waals surface area contributed by atoms with Crippen molar-refractivity contribution < 1.29 is 4.74 Å². The van der Waals surface area contributed by atoms with E-state index in [1.165, 1.54) is 5.56 Å². The summed E-state index contributed by atoms with van der Waals surface area (Å²) in [6.07, 6.45) is 5.34. The van der Waals surface area contributed by atoms with Crippen LogP contribution in [0.5, 0.6) is 5.75 Å². The topological polar surface area (TPSA) is 9.23 Å². The van der Waals surface area contributed by atoms with E-state index in [-0.39, 0.29) is 5.92 Å². The quantitative estimate of drug-likeness (QED) is 0.626. The van der Waals surface area contributed by atoms with E-state index in [9.17, 15) is 0 Å². The number of ether oxygens (including phenoxy) is 1. The van der Waals surface area contributed by atoms with Crippen LogP contribution in [-0.2, 0) is 0 Å². The van der Waals surface area contributed by atoms with Crippen LogP contribution in [0.4, 0.5) is 0 Å². The fourth-order valence-corrected chi connectivity index (χ4v) is 1.27. The summed E-state index contributed by atoms with van der Waals surface area (Å²) in [7, 11) is 1.67. The first-order valence-corrected chi connectivity index (χ1v) is 4.29. The minimum absolute atomic E-state index is 0.171. The zero-order valence-electron chi connectivity index (χ0n) is 8.29. The highest BCUT2D eigenvalue weighted by atomic mass is 16.5. The van der Waals surface area contributed by atoms with E-state index in [1.54, 1.807) is 7.11 Å². The molecule has 0 bridgehead atoms. The van der Waals surface area contributed by atoms with Gasteiger partial charge in [-0.2, -0.15) is 0 Å². The molecule has 1 heteroatoms. The van der Waals surface area contributed by atoms with E-state index in [4.69, 9.17) is 11.2 Å². The summed E-state index contributed by atoms with van der Waals surface area (Å²) in [6.45, 7) is 4.03. The molecular formula is C12H14O. The van der Waals surface area contributed by atoms with Gasteiger partial charge in [0.1, 0.15) is 5.75 Å². The molecule has 0 saturated carbocycles. The van der Waals surface area contributed by atoms with Gasteiger partial charge in [-0.25, -0.2) is 0 Å². The van der Waals surface area contributed by atoms with E-state index >= 15 is 0 Å². The van der Waals surface area contributed by atoms with Crippen molar-refractivity contribution in [3.05, 3.63) is 29.3 Å². The van der Waals surface area contributed by atoms with Gasteiger partial charge < -0.3 is 4.74 Å². The largest absolute Gasteiger partial charge is 0.496 e. The maximum atomic E-state index is 5.34. The molecule has 0 amide bonds. The summed E-state index contributed by atoms with van der Waals surface area (Å²) < 4.78 is 5.16. The predicted octanol–water partition coefficient (Wildman–Crippen LogP) is 2.74. The lowest BCUT2D eigenvalue weighted by atomic mass is 10.00. The molecule has 0 fully saturated rings. The summed E-state index contributed by atoms with van der Waals surface area (Å²) in [5.41, 5.74) is 2.29. The second-order valence-electron chi connectivity index (χ2n) is 3.12. The molecule has 1 aromatic rings. The highest BCUT2D eigenvalue weighted by molar-refractivity contribution is 5.39. The number of hydrogen-bond acceptors (Lipinski definition) is 1. The molecular weight excluding hydrogens is 160 g/mol.